The molecule has 2 rings (SSSR count). The minimum Gasteiger partial charge on any atom is -0.366 e. The van der Waals surface area contributed by atoms with Gasteiger partial charge in [0.05, 0.1) is 6.17 Å². The first kappa shape index (κ1) is 11.7. The Morgan fingerprint density at radius 2 is 2.24 bits per heavy atom. The van der Waals surface area contributed by atoms with Crippen molar-refractivity contribution in [2.75, 3.05) is 0 Å². The molecule has 0 amide bonds. The van der Waals surface area contributed by atoms with Crippen LogP contribution in [0.15, 0.2) is 29.1 Å². The van der Waals surface area contributed by atoms with Gasteiger partial charge >= 0.3 is 0 Å². The number of hydrogen-bond donors (Lipinski definition) is 3. The maximum atomic E-state index is 11.6. The third-order valence-corrected chi connectivity index (χ3v) is 2.89. The molecular weight excluding hydrogens is 214 g/mol. The first-order valence-electron chi connectivity index (χ1n) is 5.75. The molecule has 17 heavy (non-hydrogen) atoms. The Morgan fingerprint density at radius 1 is 1.47 bits per heavy atom. The molecule has 2 heterocycles. The molecule has 4 heteroatoms. The van der Waals surface area contributed by atoms with Crippen LogP contribution in [0.3, 0.4) is 0 Å². The zero-order chi connectivity index (χ0) is 12.4. The van der Waals surface area contributed by atoms with Crippen LogP contribution >= 0.6 is 0 Å². The standard InChI is InChI=1S/C13H17N3O/c1-3-9-7-10(8(2)15-13(9)17)11-5-4-6-12(14)16-11/h4-7,12,16H,3,14H2,1-2H3,(H,15,17). The van der Waals surface area contributed by atoms with Crippen molar-refractivity contribution in [1.82, 2.24) is 10.3 Å². The zero-order valence-corrected chi connectivity index (χ0v) is 10.1. The fraction of sp³-hybridized carbons (Fsp3) is 0.308. The molecule has 0 radical (unpaired) electrons. The normalized spacial score (nSPS) is 18.8. The van der Waals surface area contributed by atoms with Crippen LogP contribution in [-0.2, 0) is 6.42 Å². The average Bonchev–Trinajstić information content (AvgIpc) is 2.29. The number of aromatic nitrogens is 1. The van der Waals surface area contributed by atoms with E-state index in [0.717, 1.165) is 28.9 Å². The highest BCUT2D eigenvalue weighted by molar-refractivity contribution is 5.69. The Labute approximate surface area is 100 Å². The van der Waals surface area contributed by atoms with Crippen molar-refractivity contribution >= 4 is 5.70 Å². The second-order valence-electron chi connectivity index (χ2n) is 4.15. The van der Waals surface area contributed by atoms with Crippen LogP contribution in [0.2, 0.25) is 0 Å². The van der Waals surface area contributed by atoms with Crippen LogP contribution in [0.5, 0.6) is 0 Å². The Hall–Kier alpha value is -1.81. The molecule has 1 aliphatic heterocycles. The van der Waals surface area contributed by atoms with Crippen LogP contribution < -0.4 is 16.6 Å². The van der Waals surface area contributed by atoms with Crippen molar-refractivity contribution in [3.8, 4) is 0 Å². The van der Waals surface area contributed by atoms with E-state index in [2.05, 4.69) is 10.3 Å². The van der Waals surface area contributed by atoms with E-state index in [4.69, 9.17) is 5.73 Å². The molecule has 1 atom stereocenters. The summed E-state index contributed by atoms with van der Waals surface area (Å²) < 4.78 is 0. The summed E-state index contributed by atoms with van der Waals surface area (Å²) >= 11 is 0. The molecule has 0 spiro atoms. The molecule has 1 aromatic heterocycles. The molecule has 0 saturated heterocycles. The molecule has 4 N–H and O–H groups in total. The molecule has 1 unspecified atom stereocenters. The number of rotatable bonds is 2. The Balaban J connectivity index is 2.49. The second kappa shape index (κ2) is 4.59. The zero-order valence-electron chi connectivity index (χ0n) is 10.1. The third kappa shape index (κ3) is 2.31. The van der Waals surface area contributed by atoms with Crippen molar-refractivity contribution < 1.29 is 0 Å². The van der Waals surface area contributed by atoms with Crippen LogP contribution in [0, 0.1) is 6.92 Å². The monoisotopic (exact) mass is 231 g/mol. The number of aromatic amines is 1. The maximum Gasteiger partial charge on any atom is 0.251 e. The lowest BCUT2D eigenvalue weighted by Crippen LogP contribution is -2.36. The van der Waals surface area contributed by atoms with Crippen LogP contribution in [0.4, 0.5) is 0 Å². The second-order valence-corrected chi connectivity index (χ2v) is 4.15. The summed E-state index contributed by atoms with van der Waals surface area (Å²) in [6.45, 7) is 3.86. The van der Waals surface area contributed by atoms with Crippen molar-refractivity contribution in [2.24, 2.45) is 5.73 Å². The van der Waals surface area contributed by atoms with E-state index >= 15 is 0 Å². The van der Waals surface area contributed by atoms with Gasteiger partial charge in [0.25, 0.3) is 5.56 Å². The Kier molecular flexibility index (Phi) is 3.15. The van der Waals surface area contributed by atoms with Gasteiger partial charge in [-0.2, -0.15) is 0 Å². The predicted octanol–water partition coefficient (Wildman–Crippen LogP) is 1.03. The summed E-state index contributed by atoms with van der Waals surface area (Å²) in [5.41, 5.74) is 9.39. The van der Waals surface area contributed by atoms with E-state index in [9.17, 15) is 4.79 Å². The molecule has 0 aliphatic carbocycles. The van der Waals surface area contributed by atoms with Crippen molar-refractivity contribution in [3.63, 3.8) is 0 Å². The SMILES string of the molecule is CCc1cc(C2=CC=CC(N)N2)c(C)[nH]c1=O. The number of pyridine rings is 1. The summed E-state index contributed by atoms with van der Waals surface area (Å²) in [6, 6.07) is 1.93. The summed E-state index contributed by atoms with van der Waals surface area (Å²) in [4.78, 5) is 14.5. The van der Waals surface area contributed by atoms with E-state index in [1.807, 2.05) is 38.1 Å². The van der Waals surface area contributed by atoms with E-state index < -0.39 is 0 Å². The van der Waals surface area contributed by atoms with Gasteiger partial charge in [-0.05, 0) is 31.6 Å². The number of nitrogens with two attached hydrogens (primary N) is 1. The minimum absolute atomic E-state index is 0.00926. The van der Waals surface area contributed by atoms with Gasteiger partial charge in [0, 0.05) is 22.5 Å². The molecule has 0 bridgehead atoms. The van der Waals surface area contributed by atoms with Crippen molar-refractivity contribution in [1.29, 1.82) is 0 Å². The fourth-order valence-corrected chi connectivity index (χ4v) is 1.92. The fourth-order valence-electron chi connectivity index (χ4n) is 1.92. The topological polar surface area (TPSA) is 70.9 Å². The van der Waals surface area contributed by atoms with Crippen LogP contribution in [0.1, 0.15) is 23.7 Å². The predicted molar refractivity (Wildman–Crippen MR) is 69.4 cm³/mol. The van der Waals surface area contributed by atoms with Gasteiger partial charge in [-0.3, -0.25) is 4.79 Å². The van der Waals surface area contributed by atoms with Crippen molar-refractivity contribution in [2.45, 2.75) is 26.4 Å². The molecule has 0 fully saturated rings. The highest BCUT2D eigenvalue weighted by Crippen LogP contribution is 2.17. The number of nitrogens with one attached hydrogen (secondary N) is 2. The van der Waals surface area contributed by atoms with Gasteiger partial charge in [0.1, 0.15) is 0 Å². The lowest BCUT2D eigenvalue weighted by molar-refractivity contribution is 0.742. The summed E-state index contributed by atoms with van der Waals surface area (Å²) in [6.07, 6.45) is 6.31. The van der Waals surface area contributed by atoms with Gasteiger partial charge in [-0.25, -0.2) is 0 Å². The van der Waals surface area contributed by atoms with E-state index in [1.54, 1.807) is 0 Å². The lowest BCUT2D eigenvalue weighted by atomic mass is 10.0. The largest absolute Gasteiger partial charge is 0.366 e. The van der Waals surface area contributed by atoms with E-state index in [0.29, 0.717) is 0 Å². The summed E-state index contributed by atoms with van der Waals surface area (Å²) in [5.74, 6) is 0. The Bertz CT molecular complexity index is 540. The molecule has 1 aromatic rings. The molecular formula is C13H17N3O. The van der Waals surface area contributed by atoms with Crippen LogP contribution in [-0.4, -0.2) is 11.1 Å². The first-order chi connectivity index (χ1) is 8.11. The van der Waals surface area contributed by atoms with E-state index in [1.165, 1.54) is 0 Å². The number of aryl methyl sites for hydroxylation is 2. The smallest absolute Gasteiger partial charge is 0.251 e. The highest BCUT2D eigenvalue weighted by atomic mass is 16.1. The lowest BCUT2D eigenvalue weighted by Gasteiger charge is -2.19. The molecule has 4 nitrogen and oxygen atoms in total. The van der Waals surface area contributed by atoms with Gasteiger partial charge in [0.15, 0.2) is 0 Å². The molecule has 90 valence electrons. The number of H-pyrrole nitrogens is 1. The van der Waals surface area contributed by atoms with Gasteiger partial charge in [-0.1, -0.05) is 13.0 Å². The van der Waals surface area contributed by atoms with Gasteiger partial charge < -0.3 is 16.0 Å². The Morgan fingerprint density at radius 3 is 2.88 bits per heavy atom. The summed E-state index contributed by atoms with van der Waals surface area (Å²) in [5, 5.41) is 3.17. The summed E-state index contributed by atoms with van der Waals surface area (Å²) in [7, 11) is 0. The number of hydrogen-bond acceptors (Lipinski definition) is 3. The molecule has 1 aliphatic rings. The van der Waals surface area contributed by atoms with Gasteiger partial charge in [-0.15, -0.1) is 0 Å². The molecule has 0 saturated carbocycles. The highest BCUT2D eigenvalue weighted by Gasteiger charge is 2.12. The minimum atomic E-state index is -0.175. The third-order valence-electron chi connectivity index (χ3n) is 2.89. The average molecular weight is 231 g/mol. The molecule has 0 aromatic carbocycles. The number of allylic oxidation sites excluding steroid dienone is 2. The van der Waals surface area contributed by atoms with Crippen molar-refractivity contribution in [3.05, 3.63) is 51.5 Å². The van der Waals surface area contributed by atoms with E-state index in [-0.39, 0.29) is 11.7 Å². The first-order valence-corrected chi connectivity index (χ1v) is 5.75. The van der Waals surface area contributed by atoms with Crippen LogP contribution in [0.25, 0.3) is 5.70 Å². The maximum absolute atomic E-state index is 11.6. The quantitative estimate of drug-likeness (QED) is 0.712. The van der Waals surface area contributed by atoms with Gasteiger partial charge in [0.2, 0.25) is 0 Å². The number of dihydropyridines is 1.